The van der Waals surface area contributed by atoms with E-state index in [1.54, 1.807) is 0 Å². The van der Waals surface area contributed by atoms with Gasteiger partial charge in [0.2, 0.25) is 0 Å². The second-order valence-electron chi connectivity index (χ2n) is 8.74. The molecule has 5 heteroatoms. The first-order chi connectivity index (χ1) is 14.4. The van der Waals surface area contributed by atoms with Crippen LogP contribution in [0, 0.1) is 11.3 Å². The smallest absolute Gasteiger partial charge is 0.251 e. The number of nitrogen functional groups attached to an aromatic ring is 1. The normalized spacial score (nSPS) is 15.5. The number of benzene rings is 2. The van der Waals surface area contributed by atoms with Crippen molar-refractivity contribution in [3.05, 3.63) is 75.1 Å². The first-order valence-electron chi connectivity index (χ1n) is 10.5. The molecule has 0 saturated carbocycles. The number of hydrogen-bond acceptors (Lipinski definition) is 4. The molecule has 2 aromatic carbocycles. The van der Waals surface area contributed by atoms with Crippen molar-refractivity contribution >= 4 is 16.6 Å². The molecule has 30 heavy (non-hydrogen) atoms. The summed E-state index contributed by atoms with van der Waals surface area (Å²) in [5, 5.41) is 11.2. The first kappa shape index (κ1) is 20.2. The van der Waals surface area contributed by atoms with Crippen molar-refractivity contribution in [1.82, 2.24) is 9.88 Å². The van der Waals surface area contributed by atoms with Gasteiger partial charge in [0.05, 0.1) is 11.5 Å². The lowest BCUT2D eigenvalue weighted by molar-refractivity contribution is 0.281. The van der Waals surface area contributed by atoms with Gasteiger partial charge in [-0.2, -0.15) is 5.26 Å². The summed E-state index contributed by atoms with van der Waals surface area (Å²) in [6.07, 6.45) is 4.01. The number of likely N-dealkylation sites (N-methyl/N-ethyl adjacent to an activating group) is 1. The van der Waals surface area contributed by atoms with E-state index in [9.17, 15) is 10.1 Å². The minimum Gasteiger partial charge on any atom is -0.399 e. The molecule has 0 spiro atoms. The van der Waals surface area contributed by atoms with Gasteiger partial charge in [-0.05, 0) is 74.5 Å². The summed E-state index contributed by atoms with van der Waals surface area (Å²) in [5.74, 6) is 0. The number of aryl methyl sites for hydroxylation is 1. The van der Waals surface area contributed by atoms with Crippen LogP contribution >= 0.6 is 0 Å². The summed E-state index contributed by atoms with van der Waals surface area (Å²) in [6, 6.07) is 16.5. The van der Waals surface area contributed by atoms with E-state index < -0.39 is 5.41 Å². The van der Waals surface area contributed by atoms with Gasteiger partial charge in [-0.25, -0.2) is 0 Å². The fourth-order valence-corrected chi connectivity index (χ4v) is 4.63. The second-order valence-corrected chi connectivity index (χ2v) is 8.74. The Bertz CT molecular complexity index is 1170. The lowest BCUT2D eigenvalue weighted by atomic mass is 9.82. The van der Waals surface area contributed by atoms with E-state index in [1.807, 2.05) is 44.3 Å². The molecule has 0 radical (unpaired) electrons. The Morgan fingerprint density at radius 2 is 1.83 bits per heavy atom. The van der Waals surface area contributed by atoms with Crippen molar-refractivity contribution in [2.45, 2.75) is 44.6 Å². The van der Waals surface area contributed by atoms with Gasteiger partial charge >= 0.3 is 0 Å². The molecule has 1 atom stereocenters. The molecular formula is C25H28N4O. The molecule has 1 aromatic heterocycles. The maximum Gasteiger partial charge on any atom is 0.251 e. The van der Waals surface area contributed by atoms with Gasteiger partial charge in [0.25, 0.3) is 5.56 Å². The summed E-state index contributed by atoms with van der Waals surface area (Å²) in [5.41, 5.74) is 10.9. The fourth-order valence-electron chi connectivity index (χ4n) is 4.63. The molecule has 0 fully saturated rings. The van der Waals surface area contributed by atoms with Crippen LogP contribution in [0.15, 0.2) is 47.3 Å². The Kier molecular flexibility index (Phi) is 5.36. The van der Waals surface area contributed by atoms with Gasteiger partial charge in [-0.3, -0.25) is 4.79 Å². The van der Waals surface area contributed by atoms with E-state index in [2.05, 4.69) is 28.1 Å². The average molecular weight is 401 g/mol. The Morgan fingerprint density at radius 3 is 2.53 bits per heavy atom. The maximum absolute atomic E-state index is 12.6. The monoisotopic (exact) mass is 400 g/mol. The van der Waals surface area contributed by atoms with Crippen molar-refractivity contribution < 1.29 is 0 Å². The summed E-state index contributed by atoms with van der Waals surface area (Å²) in [7, 11) is 2.02. The highest BCUT2D eigenvalue weighted by Crippen LogP contribution is 2.30. The molecule has 1 heterocycles. The van der Waals surface area contributed by atoms with Crippen LogP contribution in [0.3, 0.4) is 0 Å². The van der Waals surface area contributed by atoms with Gasteiger partial charge in [0, 0.05) is 35.2 Å². The summed E-state index contributed by atoms with van der Waals surface area (Å²) >= 11 is 0. The third-order valence-electron chi connectivity index (χ3n) is 6.24. The van der Waals surface area contributed by atoms with Crippen LogP contribution in [0.1, 0.15) is 42.0 Å². The minimum absolute atomic E-state index is 0.0217. The van der Waals surface area contributed by atoms with Gasteiger partial charge in [0.15, 0.2) is 0 Å². The van der Waals surface area contributed by atoms with Crippen LogP contribution in [-0.2, 0) is 24.8 Å². The quantitative estimate of drug-likeness (QED) is 0.636. The molecule has 3 N–H and O–H groups in total. The molecule has 154 valence electrons. The Morgan fingerprint density at radius 1 is 1.13 bits per heavy atom. The molecule has 4 rings (SSSR count). The zero-order chi connectivity index (χ0) is 21.3. The van der Waals surface area contributed by atoms with E-state index in [1.165, 1.54) is 5.56 Å². The van der Waals surface area contributed by atoms with E-state index in [-0.39, 0.29) is 5.56 Å². The highest BCUT2D eigenvalue weighted by molar-refractivity contribution is 5.84. The average Bonchev–Trinajstić information content (AvgIpc) is 2.75. The largest absolute Gasteiger partial charge is 0.399 e. The number of H-pyrrole nitrogens is 1. The number of nitrogens with one attached hydrogen (secondary N) is 1. The number of hydrogen-bond donors (Lipinski definition) is 2. The van der Waals surface area contributed by atoms with Gasteiger partial charge in [-0.15, -0.1) is 0 Å². The van der Waals surface area contributed by atoms with Crippen molar-refractivity contribution in [2.24, 2.45) is 0 Å². The minimum atomic E-state index is -0.691. The Balaban J connectivity index is 1.63. The van der Waals surface area contributed by atoms with E-state index in [0.29, 0.717) is 6.54 Å². The van der Waals surface area contributed by atoms with Gasteiger partial charge in [0.1, 0.15) is 0 Å². The van der Waals surface area contributed by atoms with Crippen LogP contribution in [0.2, 0.25) is 0 Å². The van der Waals surface area contributed by atoms with Crippen molar-refractivity contribution in [3.8, 4) is 6.07 Å². The fraction of sp³-hybridized carbons (Fsp3) is 0.360. The number of rotatable bonds is 5. The van der Waals surface area contributed by atoms with Crippen LogP contribution in [0.5, 0.6) is 0 Å². The molecule has 1 unspecified atom stereocenters. The van der Waals surface area contributed by atoms with E-state index >= 15 is 0 Å². The zero-order valence-electron chi connectivity index (χ0n) is 17.7. The molecule has 3 aromatic rings. The third-order valence-corrected chi connectivity index (χ3v) is 6.24. The molecule has 0 bridgehead atoms. The summed E-state index contributed by atoms with van der Waals surface area (Å²) < 4.78 is 0. The number of aromatic nitrogens is 1. The third kappa shape index (κ3) is 3.83. The topological polar surface area (TPSA) is 85.9 Å². The van der Waals surface area contributed by atoms with Crippen molar-refractivity contribution in [2.75, 3.05) is 19.3 Å². The van der Waals surface area contributed by atoms with Crippen molar-refractivity contribution in [3.63, 3.8) is 0 Å². The number of fused-ring (bicyclic) bond motifs is 3. The SMILES string of the molecule is CN(Cc1ccc(N)cc1)CC(C)(C#N)c1ccc2c3c(c(=O)[nH]c2c1)CCCC3. The summed E-state index contributed by atoms with van der Waals surface area (Å²) in [6.45, 7) is 3.27. The molecule has 5 nitrogen and oxygen atoms in total. The van der Waals surface area contributed by atoms with Crippen LogP contribution in [-0.4, -0.2) is 23.5 Å². The first-order valence-corrected chi connectivity index (χ1v) is 10.5. The maximum atomic E-state index is 12.6. The number of nitrogens with two attached hydrogens (primary N) is 1. The predicted octanol–water partition coefficient (Wildman–Crippen LogP) is 3.90. The molecule has 0 saturated heterocycles. The van der Waals surface area contributed by atoms with Crippen molar-refractivity contribution in [1.29, 1.82) is 5.26 Å². The van der Waals surface area contributed by atoms with Gasteiger partial charge < -0.3 is 15.6 Å². The highest BCUT2D eigenvalue weighted by atomic mass is 16.1. The number of aromatic amines is 1. The lowest BCUT2D eigenvalue weighted by Gasteiger charge is -2.29. The Hall–Kier alpha value is -3.10. The molecular weight excluding hydrogens is 372 g/mol. The number of anilines is 1. The summed E-state index contributed by atoms with van der Waals surface area (Å²) in [4.78, 5) is 17.8. The number of pyridine rings is 1. The molecule has 1 aliphatic carbocycles. The number of nitriles is 1. The van der Waals surface area contributed by atoms with E-state index in [0.717, 1.165) is 65.5 Å². The lowest BCUT2D eigenvalue weighted by Crippen LogP contribution is -2.35. The van der Waals surface area contributed by atoms with Crippen LogP contribution in [0.4, 0.5) is 5.69 Å². The Labute approximate surface area is 177 Å². The van der Waals surface area contributed by atoms with Crippen LogP contribution < -0.4 is 11.3 Å². The van der Waals surface area contributed by atoms with Crippen LogP contribution in [0.25, 0.3) is 10.9 Å². The standard InChI is InChI=1S/C25H28N4O/c1-25(15-26,16-29(2)14-17-7-10-19(27)11-8-17)18-9-12-21-20-5-3-4-6-22(20)24(30)28-23(21)13-18/h7-13H,3-6,14,16,27H2,1-2H3,(H,28,30). The van der Waals surface area contributed by atoms with E-state index in [4.69, 9.17) is 5.73 Å². The second kappa shape index (κ2) is 7.97. The number of nitrogens with zero attached hydrogens (tertiary/aromatic N) is 2. The zero-order valence-corrected chi connectivity index (χ0v) is 17.7. The molecule has 0 aliphatic heterocycles. The molecule has 0 amide bonds. The van der Waals surface area contributed by atoms with Gasteiger partial charge in [-0.1, -0.05) is 24.3 Å². The molecule has 1 aliphatic rings. The highest BCUT2D eigenvalue weighted by Gasteiger charge is 2.29. The predicted molar refractivity (Wildman–Crippen MR) is 121 cm³/mol.